The summed E-state index contributed by atoms with van der Waals surface area (Å²) in [5.41, 5.74) is 0.846. The van der Waals surface area contributed by atoms with Gasteiger partial charge in [-0.3, -0.25) is 4.79 Å². The second kappa shape index (κ2) is 8.38. The zero-order valence-corrected chi connectivity index (χ0v) is 14.6. The summed E-state index contributed by atoms with van der Waals surface area (Å²) in [7, 11) is 0. The van der Waals surface area contributed by atoms with Gasteiger partial charge in [0, 0.05) is 26.3 Å². The van der Waals surface area contributed by atoms with Gasteiger partial charge < -0.3 is 15.0 Å². The van der Waals surface area contributed by atoms with Crippen LogP contribution in [0.25, 0.3) is 0 Å². The Morgan fingerprint density at radius 2 is 2.20 bits per heavy atom. The molecule has 0 radical (unpaired) electrons. The third kappa shape index (κ3) is 4.75. The molecular formula is C18H25FN4O2. The number of hydrogen-bond donors (Lipinski definition) is 1. The van der Waals surface area contributed by atoms with E-state index in [9.17, 15) is 9.18 Å². The van der Waals surface area contributed by atoms with Crippen LogP contribution < -0.4 is 5.32 Å². The molecule has 0 aromatic carbocycles. The molecule has 1 aromatic rings. The minimum atomic E-state index is -0.220. The molecule has 0 bridgehead atoms. The van der Waals surface area contributed by atoms with E-state index in [0.29, 0.717) is 38.5 Å². The molecule has 1 amide bonds. The van der Waals surface area contributed by atoms with Gasteiger partial charge in [0.2, 0.25) is 5.91 Å². The second-order valence-corrected chi connectivity index (χ2v) is 6.70. The Balaban J connectivity index is 1.68. The fraction of sp³-hybridized carbons (Fsp3) is 0.611. The largest absolute Gasteiger partial charge is 0.381 e. The van der Waals surface area contributed by atoms with Gasteiger partial charge in [-0.2, -0.15) is 5.10 Å². The number of aryl methyl sites for hydroxylation is 1. The van der Waals surface area contributed by atoms with Crippen molar-refractivity contribution in [3.8, 4) is 0 Å². The summed E-state index contributed by atoms with van der Waals surface area (Å²) < 4.78 is 19.0. The number of halogens is 1. The van der Waals surface area contributed by atoms with E-state index in [1.807, 2.05) is 19.1 Å². The smallest absolute Gasteiger partial charge is 0.228 e. The maximum atomic E-state index is 13.6. The number of anilines is 1. The zero-order valence-electron chi connectivity index (χ0n) is 14.6. The van der Waals surface area contributed by atoms with Crippen LogP contribution >= 0.6 is 0 Å². The molecule has 1 fully saturated rings. The van der Waals surface area contributed by atoms with Crippen molar-refractivity contribution in [3.63, 3.8) is 0 Å². The highest BCUT2D eigenvalue weighted by Gasteiger charge is 2.33. The van der Waals surface area contributed by atoms with Crippen LogP contribution in [-0.2, 0) is 9.53 Å². The summed E-state index contributed by atoms with van der Waals surface area (Å²) in [6.07, 6.45) is 3.84. The lowest BCUT2D eigenvalue weighted by atomic mass is 9.84. The third-order valence-corrected chi connectivity index (χ3v) is 4.87. The van der Waals surface area contributed by atoms with Gasteiger partial charge in [0.1, 0.15) is 11.6 Å². The minimum absolute atomic E-state index is 0.0164. The normalized spacial score (nSPS) is 20.1. The molecule has 1 N–H and O–H groups in total. The van der Waals surface area contributed by atoms with Crippen molar-refractivity contribution in [2.24, 2.45) is 11.8 Å². The lowest BCUT2D eigenvalue weighted by Crippen LogP contribution is -2.45. The van der Waals surface area contributed by atoms with Gasteiger partial charge in [-0.25, -0.2) is 4.39 Å². The summed E-state index contributed by atoms with van der Waals surface area (Å²) in [6, 6.07) is 3.74. The highest BCUT2D eigenvalue weighted by molar-refractivity contribution is 5.80. The number of carbonyl (C=O) groups excluding carboxylic acids is 1. The SMILES string of the molecule is Cc1ccc(NCC(C(=O)N2CCC=C(F)C2)C2CCOCC2)nn1. The zero-order chi connectivity index (χ0) is 17.6. The highest BCUT2D eigenvalue weighted by atomic mass is 19.1. The summed E-state index contributed by atoms with van der Waals surface area (Å²) in [4.78, 5) is 14.7. The first-order chi connectivity index (χ1) is 12.1. The number of nitrogens with zero attached hydrogens (tertiary/aromatic N) is 3. The first kappa shape index (κ1) is 17.8. The molecule has 1 unspecified atom stereocenters. The summed E-state index contributed by atoms with van der Waals surface area (Å²) >= 11 is 0. The van der Waals surface area contributed by atoms with Gasteiger partial charge in [0.15, 0.2) is 0 Å². The summed E-state index contributed by atoms with van der Waals surface area (Å²) in [5, 5.41) is 11.4. The predicted octanol–water partition coefficient (Wildman–Crippen LogP) is 2.33. The van der Waals surface area contributed by atoms with E-state index in [1.165, 1.54) is 0 Å². The molecule has 1 aromatic heterocycles. The highest BCUT2D eigenvalue weighted by Crippen LogP contribution is 2.27. The molecule has 0 saturated carbocycles. The van der Waals surface area contributed by atoms with E-state index in [4.69, 9.17) is 4.74 Å². The Bertz CT molecular complexity index is 614. The molecule has 0 aliphatic carbocycles. The molecule has 2 aliphatic heterocycles. The number of hydrogen-bond acceptors (Lipinski definition) is 5. The number of amides is 1. The monoisotopic (exact) mass is 348 g/mol. The van der Waals surface area contributed by atoms with Crippen LogP contribution in [0.5, 0.6) is 0 Å². The standard InChI is InChI=1S/C18H25FN4O2/c1-13-4-5-17(22-21-13)20-11-16(14-6-9-25-10-7-14)18(24)23-8-2-3-15(19)12-23/h3-5,14,16H,2,6-12H2,1H3,(H,20,22). The molecule has 7 heteroatoms. The van der Waals surface area contributed by atoms with Gasteiger partial charge in [0.05, 0.1) is 18.2 Å². The van der Waals surface area contributed by atoms with Crippen LogP contribution in [0.15, 0.2) is 24.0 Å². The molecule has 0 spiro atoms. The maximum Gasteiger partial charge on any atom is 0.228 e. The molecule has 3 rings (SSSR count). The maximum absolute atomic E-state index is 13.6. The Kier molecular flexibility index (Phi) is 5.96. The number of aromatic nitrogens is 2. The molecule has 2 aliphatic rings. The lowest BCUT2D eigenvalue weighted by molar-refractivity contribution is -0.138. The second-order valence-electron chi connectivity index (χ2n) is 6.70. The fourth-order valence-corrected chi connectivity index (χ4v) is 3.41. The van der Waals surface area contributed by atoms with Gasteiger partial charge in [-0.15, -0.1) is 5.10 Å². The third-order valence-electron chi connectivity index (χ3n) is 4.87. The number of ether oxygens (including phenoxy) is 1. The van der Waals surface area contributed by atoms with Gasteiger partial charge in [0.25, 0.3) is 0 Å². The van der Waals surface area contributed by atoms with Gasteiger partial charge in [-0.05, 0) is 50.3 Å². The molecule has 1 saturated heterocycles. The van der Waals surface area contributed by atoms with Crippen molar-refractivity contribution < 1.29 is 13.9 Å². The number of nitrogens with one attached hydrogen (secondary N) is 1. The van der Waals surface area contributed by atoms with Crippen molar-refractivity contribution in [1.29, 1.82) is 0 Å². The average molecular weight is 348 g/mol. The average Bonchev–Trinajstić information content (AvgIpc) is 2.64. The minimum Gasteiger partial charge on any atom is -0.381 e. The van der Waals surface area contributed by atoms with Crippen LogP contribution in [0.2, 0.25) is 0 Å². The van der Waals surface area contributed by atoms with E-state index in [2.05, 4.69) is 15.5 Å². The van der Waals surface area contributed by atoms with E-state index in [1.54, 1.807) is 11.0 Å². The Morgan fingerprint density at radius 1 is 1.40 bits per heavy atom. The summed E-state index contributed by atoms with van der Waals surface area (Å²) in [5.74, 6) is 0.476. The first-order valence-electron chi connectivity index (χ1n) is 8.89. The molecule has 136 valence electrons. The summed E-state index contributed by atoms with van der Waals surface area (Å²) in [6.45, 7) is 4.37. The molecule has 1 atom stereocenters. The molecule has 3 heterocycles. The molecule has 25 heavy (non-hydrogen) atoms. The Morgan fingerprint density at radius 3 is 2.88 bits per heavy atom. The van der Waals surface area contributed by atoms with Crippen LogP contribution in [0.4, 0.5) is 10.2 Å². The van der Waals surface area contributed by atoms with Crippen molar-refractivity contribution in [3.05, 3.63) is 29.7 Å². The van der Waals surface area contributed by atoms with E-state index in [-0.39, 0.29) is 30.1 Å². The van der Waals surface area contributed by atoms with Crippen LogP contribution in [0.1, 0.15) is 25.0 Å². The quantitative estimate of drug-likeness (QED) is 0.885. The molecule has 6 nitrogen and oxygen atoms in total. The van der Waals surface area contributed by atoms with E-state index >= 15 is 0 Å². The number of carbonyl (C=O) groups is 1. The number of rotatable bonds is 5. The van der Waals surface area contributed by atoms with E-state index < -0.39 is 0 Å². The van der Waals surface area contributed by atoms with Crippen molar-refractivity contribution in [2.45, 2.75) is 26.2 Å². The van der Waals surface area contributed by atoms with Crippen molar-refractivity contribution >= 4 is 11.7 Å². The van der Waals surface area contributed by atoms with Gasteiger partial charge in [-0.1, -0.05) is 0 Å². The fourth-order valence-electron chi connectivity index (χ4n) is 3.41. The topological polar surface area (TPSA) is 67.4 Å². The van der Waals surface area contributed by atoms with Crippen molar-refractivity contribution in [1.82, 2.24) is 15.1 Å². The first-order valence-corrected chi connectivity index (χ1v) is 8.89. The predicted molar refractivity (Wildman–Crippen MR) is 92.7 cm³/mol. The van der Waals surface area contributed by atoms with Gasteiger partial charge >= 0.3 is 0 Å². The van der Waals surface area contributed by atoms with E-state index in [0.717, 1.165) is 18.5 Å². The lowest BCUT2D eigenvalue weighted by Gasteiger charge is -2.34. The van der Waals surface area contributed by atoms with Crippen molar-refractivity contribution in [2.75, 3.05) is 38.2 Å². The Hall–Kier alpha value is -2.02. The Labute approximate surface area is 147 Å². The molecular weight excluding hydrogens is 323 g/mol. The van der Waals surface area contributed by atoms with Crippen LogP contribution in [0, 0.1) is 18.8 Å². The van der Waals surface area contributed by atoms with Crippen LogP contribution in [-0.4, -0.2) is 53.9 Å². The van der Waals surface area contributed by atoms with Crippen LogP contribution in [0.3, 0.4) is 0 Å².